The van der Waals surface area contributed by atoms with Crippen molar-refractivity contribution in [2.24, 2.45) is 0 Å². The predicted molar refractivity (Wildman–Crippen MR) is 94.6 cm³/mol. The number of nitrogens with zero attached hydrogens (tertiary/aromatic N) is 3. The van der Waals surface area contributed by atoms with E-state index in [0.717, 1.165) is 30.7 Å². The van der Waals surface area contributed by atoms with Crippen LogP contribution in [0.25, 0.3) is 0 Å². The molecule has 0 aliphatic carbocycles. The Bertz CT molecular complexity index is 980. The largest absolute Gasteiger partial charge is 0.478 e. The molecule has 0 radical (unpaired) electrons. The smallest absolute Gasteiger partial charge is 0.336 e. The van der Waals surface area contributed by atoms with E-state index < -0.39 is 16.0 Å². The van der Waals surface area contributed by atoms with Crippen molar-refractivity contribution in [3.63, 3.8) is 0 Å². The van der Waals surface area contributed by atoms with Gasteiger partial charge in [0.2, 0.25) is 0 Å². The number of hydrogen-bond acceptors (Lipinski definition) is 4. The molecule has 7 nitrogen and oxygen atoms in total. The van der Waals surface area contributed by atoms with Crippen LogP contribution in [-0.4, -0.2) is 39.9 Å². The maximum Gasteiger partial charge on any atom is 0.336 e. The molecule has 1 aromatic heterocycles. The molecule has 8 heteroatoms. The van der Waals surface area contributed by atoms with E-state index >= 15 is 0 Å². The standard InChI is InChI=1S/C18H21N3O4S/c1-12-4-2-7-16-19-17(11-21(12)16)26(24,25)20-9-8-13-5-3-6-14(18(22)23)15(13)10-20/h3,5-6,11-12H,2,4,7-10H2,1H3,(H,22,23). The normalized spacial score (nSPS) is 20.4. The molecule has 0 fully saturated rings. The lowest BCUT2D eigenvalue weighted by atomic mass is 9.96. The third-order valence-corrected chi connectivity index (χ3v) is 7.07. The number of fused-ring (bicyclic) bond motifs is 2. The summed E-state index contributed by atoms with van der Waals surface area (Å²) in [4.78, 5) is 15.9. The van der Waals surface area contributed by atoms with Gasteiger partial charge in [0.25, 0.3) is 10.0 Å². The average Bonchev–Trinajstić information content (AvgIpc) is 3.07. The first-order valence-corrected chi connectivity index (χ1v) is 10.2. The van der Waals surface area contributed by atoms with Gasteiger partial charge in [-0.15, -0.1) is 0 Å². The van der Waals surface area contributed by atoms with Crippen molar-refractivity contribution >= 4 is 16.0 Å². The molecule has 2 aliphatic heterocycles. The number of imidazole rings is 1. The Kier molecular flexibility index (Phi) is 4.11. The van der Waals surface area contributed by atoms with Crippen LogP contribution < -0.4 is 0 Å². The second-order valence-corrected chi connectivity index (χ2v) is 8.87. The summed E-state index contributed by atoms with van der Waals surface area (Å²) in [5, 5.41) is 9.47. The molecule has 0 saturated carbocycles. The van der Waals surface area contributed by atoms with Gasteiger partial charge < -0.3 is 9.67 Å². The summed E-state index contributed by atoms with van der Waals surface area (Å²) in [5.74, 6) is -0.224. The van der Waals surface area contributed by atoms with E-state index in [1.165, 1.54) is 10.4 Å². The molecule has 2 aromatic rings. The van der Waals surface area contributed by atoms with E-state index in [4.69, 9.17) is 0 Å². The first-order valence-electron chi connectivity index (χ1n) is 8.80. The fraction of sp³-hybridized carbons (Fsp3) is 0.444. The van der Waals surface area contributed by atoms with Crippen LogP contribution in [0.15, 0.2) is 29.4 Å². The maximum absolute atomic E-state index is 13.1. The van der Waals surface area contributed by atoms with E-state index in [1.54, 1.807) is 12.3 Å². The van der Waals surface area contributed by atoms with Gasteiger partial charge in [0, 0.05) is 31.7 Å². The molecule has 0 spiro atoms. The molecular weight excluding hydrogens is 354 g/mol. The number of aromatic carboxylic acids is 1. The maximum atomic E-state index is 13.1. The number of rotatable bonds is 3. The topological polar surface area (TPSA) is 92.5 Å². The first kappa shape index (κ1) is 17.2. The molecule has 1 N–H and O–H groups in total. The van der Waals surface area contributed by atoms with Crippen molar-refractivity contribution in [2.75, 3.05) is 6.54 Å². The third kappa shape index (κ3) is 2.73. The summed E-state index contributed by atoms with van der Waals surface area (Å²) < 4.78 is 29.5. The van der Waals surface area contributed by atoms with Gasteiger partial charge in [-0.05, 0) is 43.4 Å². The van der Waals surface area contributed by atoms with Gasteiger partial charge in [-0.1, -0.05) is 12.1 Å². The second-order valence-electron chi connectivity index (χ2n) is 6.98. The zero-order valence-corrected chi connectivity index (χ0v) is 15.4. The Labute approximate surface area is 152 Å². The minimum Gasteiger partial charge on any atom is -0.478 e. The molecule has 1 aromatic carbocycles. The molecule has 4 rings (SSSR count). The molecule has 26 heavy (non-hydrogen) atoms. The second kappa shape index (κ2) is 6.21. The fourth-order valence-corrected chi connectivity index (χ4v) is 5.25. The number of benzene rings is 1. The molecule has 1 atom stereocenters. The fourth-order valence-electron chi connectivity index (χ4n) is 3.89. The van der Waals surface area contributed by atoms with Gasteiger partial charge in [-0.2, -0.15) is 4.31 Å². The number of aromatic nitrogens is 2. The lowest BCUT2D eigenvalue weighted by Crippen LogP contribution is -2.37. The Morgan fingerprint density at radius 2 is 2.12 bits per heavy atom. The minimum absolute atomic E-state index is 0.0671. The molecule has 138 valence electrons. The summed E-state index contributed by atoms with van der Waals surface area (Å²) in [5.41, 5.74) is 1.64. The average molecular weight is 375 g/mol. The number of carboxylic acids is 1. The third-order valence-electron chi connectivity index (χ3n) is 5.36. The van der Waals surface area contributed by atoms with Crippen molar-refractivity contribution in [1.29, 1.82) is 0 Å². The van der Waals surface area contributed by atoms with E-state index in [1.807, 2.05) is 10.6 Å². The van der Waals surface area contributed by atoms with Crippen molar-refractivity contribution in [3.05, 3.63) is 46.9 Å². The van der Waals surface area contributed by atoms with Gasteiger partial charge in [-0.25, -0.2) is 18.2 Å². The Morgan fingerprint density at radius 1 is 1.31 bits per heavy atom. The van der Waals surface area contributed by atoms with E-state index in [-0.39, 0.29) is 23.2 Å². The van der Waals surface area contributed by atoms with Crippen LogP contribution in [0.5, 0.6) is 0 Å². The molecular formula is C18H21N3O4S. The van der Waals surface area contributed by atoms with Gasteiger partial charge >= 0.3 is 5.97 Å². The number of carboxylic acid groups (broad SMARTS) is 1. The summed E-state index contributed by atoms with van der Waals surface area (Å²) in [6, 6.07) is 5.34. The van der Waals surface area contributed by atoms with Crippen LogP contribution >= 0.6 is 0 Å². The van der Waals surface area contributed by atoms with Crippen molar-refractivity contribution < 1.29 is 18.3 Å². The zero-order chi connectivity index (χ0) is 18.5. The zero-order valence-electron chi connectivity index (χ0n) is 14.6. The Balaban J connectivity index is 1.69. The summed E-state index contributed by atoms with van der Waals surface area (Å²) >= 11 is 0. The monoisotopic (exact) mass is 375 g/mol. The summed E-state index contributed by atoms with van der Waals surface area (Å²) in [6.45, 7) is 2.46. The van der Waals surface area contributed by atoms with Crippen molar-refractivity contribution in [2.45, 2.75) is 50.2 Å². The number of carbonyl (C=O) groups is 1. The summed E-state index contributed by atoms with van der Waals surface area (Å²) in [7, 11) is -3.76. The van der Waals surface area contributed by atoms with E-state index in [2.05, 4.69) is 11.9 Å². The number of sulfonamides is 1. The Hall–Kier alpha value is -2.19. The molecule has 1 unspecified atom stereocenters. The van der Waals surface area contributed by atoms with Gasteiger partial charge in [-0.3, -0.25) is 0 Å². The predicted octanol–water partition coefficient (Wildman–Crippen LogP) is 2.23. The van der Waals surface area contributed by atoms with Crippen LogP contribution in [0.4, 0.5) is 0 Å². The highest BCUT2D eigenvalue weighted by atomic mass is 32.2. The van der Waals surface area contributed by atoms with Gasteiger partial charge in [0.05, 0.1) is 5.56 Å². The highest BCUT2D eigenvalue weighted by Gasteiger charge is 2.33. The molecule has 0 amide bonds. The number of aryl methyl sites for hydroxylation is 1. The highest BCUT2D eigenvalue weighted by molar-refractivity contribution is 7.89. The molecule has 0 saturated heterocycles. The minimum atomic E-state index is -3.76. The van der Waals surface area contributed by atoms with Crippen LogP contribution in [0.2, 0.25) is 0 Å². The van der Waals surface area contributed by atoms with Crippen molar-refractivity contribution in [3.8, 4) is 0 Å². The Morgan fingerprint density at radius 3 is 2.85 bits per heavy atom. The quantitative estimate of drug-likeness (QED) is 0.888. The van der Waals surface area contributed by atoms with Crippen LogP contribution in [0.1, 0.15) is 53.1 Å². The van der Waals surface area contributed by atoms with Crippen molar-refractivity contribution in [1.82, 2.24) is 13.9 Å². The van der Waals surface area contributed by atoms with Gasteiger partial charge in [0.15, 0.2) is 5.03 Å². The highest BCUT2D eigenvalue weighted by Crippen LogP contribution is 2.30. The lowest BCUT2D eigenvalue weighted by molar-refractivity contribution is 0.0694. The van der Waals surface area contributed by atoms with Crippen LogP contribution in [-0.2, 0) is 29.4 Å². The molecule has 3 heterocycles. The first-order chi connectivity index (χ1) is 12.4. The van der Waals surface area contributed by atoms with Crippen LogP contribution in [0, 0.1) is 0 Å². The van der Waals surface area contributed by atoms with E-state index in [0.29, 0.717) is 18.5 Å². The number of hydrogen-bond donors (Lipinski definition) is 1. The van der Waals surface area contributed by atoms with E-state index in [9.17, 15) is 18.3 Å². The summed E-state index contributed by atoms with van der Waals surface area (Å²) in [6.07, 6.45) is 4.94. The van der Waals surface area contributed by atoms with Gasteiger partial charge in [0.1, 0.15) is 5.82 Å². The van der Waals surface area contributed by atoms with Crippen LogP contribution in [0.3, 0.4) is 0 Å². The SMILES string of the molecule is CC1CCCc2nc(S(=O)(=O)N3CCc4cccc(C(=O)O)c4C3)cn21. The molecule has 0 bridgehead atoms. The lowest BCUT2D eigenvalue weighted by Gasteiger charge is -2.28. The molecule has 2 aliphatic rings.